The maximum absolute atomic E-state index is 4.12. The van der Waals surface area contributed by atoms with E-state index in [9.17, 15) is 0 Å². The highest BCUT2D eigenvalue weighted by Crippen LogP contribution is 2.19. The van der Waals surface area contributed by atoms with Crippen LogP contribution in [0, 0.1) is 10.6 Å². The smallest absolute Gasteiger partial charge is 0.170 e. The molecule has 0 bridgehead atoms. The zero-order valence-corrected chi connectivity index (χ0v) is 8.68. The molecule has 2 aromatic rings. The Kier molecular flexibility index (Phi) is 1.76. The molecular formula is C6H4IN3S. The summed E-state index contributed by atoms with van der Waals surface area (Å²) in [6, 6.07) is 2.00. The van der Waals surface area contributed by atoms with Gasteiger partial charge < -0.3 is 0 Å². The molecule has 3 nitrogen and oxygen atoms in total. The Hall–Kier alpha value is -0.300. The van der Waals surface area contributed by atoms with E-state index in [1.807, 2.05) is 13.0 Å². The monoisotopic (exact) mass is 277 g/mol. The average Bonchev–Trinajstić information content (AvgIpc) is 2.33. The van der Waals surface area contributed by atoms with Crippen LogP contribution >= 0.6 is 34.1 Å². The first-order valence-corrected chi connectivity index (χ1v) is 4.88. The minimum Gasteiger partial charge on any atom is -0.170 e. The SMILES string of the molecule is Cc1snc2nnc(I)cc12. The van der Waals surface area contributed by atoms with Gasteiger partial charge in [0.25, 0.3) is 0 Å². The summed E-state index contributed by atoms with van der Waals surface area (Å²) in [7, 11) is 0. The van der Waals surface area contributed by atoms with Crippen LogP contribution in [-0.2, 0) is 0 Å². The molecule has 2 heterocycles. The molecular weight excluding hydrogens is 273 g/mol. The van der Waals surface area contributed by atoms with Crippen molar-refractivity contribution in [1.29, 1.82) is 0 Å². The van der Waals surface area contributed by atoms with Gasteiger partial charge in [-0.3, -0.25) is 0 Å². The standard InChI is InChI=1S/C6H4IN3S/c1-3-4-2-5(7)8-9-6(4)10-11-3/h2H,1H3. The van der Waals surface area contributed by atoms with Gasteiger partial charge in [-0.15, -0.1) is 10.2 Å². The highest BCUT2D eigenvalue weighted by molar-refractivity contribution is 14.1. The van der Waals surface area contributed by atoms with Gasteiger partial charge in [-0.25, -0.2) is 0 Å². The van der Waals surface area contributed by atoms with E-state index in [0.29, 0.717) is 0 Å². The largest absolute Gasteiger partial charge is 0.195 e. The van der Waals surface area contributed by atoms with Crippen molar-refractivity contribution in [2.45, 2.75) is 6.92 Å². The molecule has 0 aromatic carbocycles. The molecule has 0 unspecified atom stereocenters. The summed E-state index contributed by atoms with van der Waals surface area (Å²) in [5, 5.41) is 8.96. The van der Waals surface area contributed by atoms with Gasteiger partial charge in [0, 0.05) is 10.3 Å². The number of fused-ring (bicyclic) bond motifs is 1. The van der Waals surface area contributed by atoms with Crippen molar-refractivity contribution in [3.05, 3.63) is 14.6 Å². The maximum atomic E-state index is 4.12. The molecule has 11 heavy (non-hydrogen) atoms. The lowest BCUT2D eigenvalue weighted by Crippen LogP contribution is -1.85. The number of nitrogens with zero attached hydrogens (tertiary/aromatic N) is 3. The minimum atomic E-state index is 0.757. The summed E-state index contributed by atoms with van der Waals surface area (Å²) >= 11 is 3.62. The number of hydrogen-bond donors (Lipinski definition) is 0. The summed E-state index contributed by atoms with van der Waals surface area (Å²) < 4.78 is 5.04. The van der Waals surface area contributed by atoms with Crippen LogP contribution in [0.2, 0.25) is 0 Å². The summed E-state index contributed by atoms with van der Waals surface area (Å²) in [5.41, 5.74) is 0.757. The van der Waals surface area contributed by atoms with E-state index in [-0.39, 0.29) is 0 Å². The molecule has 0 aliphatic rings. The lowest BCUT2D eigenvalue weighted by atomic mass is 10.3. The van der Waals surface area contributed by atoms with Crippen molar-refractivity contribution in [3.63, 3.8) is 0 Å². The maximum Gasteiger partial charge on any atom is 0.195 e. The van der Waals surface area contributed by atoms with E-state index < -0.39 is 0 Å². The van der Waals surface area contributed by atoms with Gasteiger partial charge in [0.2, 0.25) is 0 Å². The van der Waals surface area contributed by atoms with Crippen LogP contribution in [0.4, 0.5) is 0 Å². The Morgan fingerprint density at radius 2 is 2.27 bits per heavy atom. The quantitative estimate of drug-likeness (QED) is 0.691. The van der Waals surface area contributed by atoms with Crippen LogP contribution in [0.25, 0.3) is 11.0 Å². The van der Waals surface area contributed by atoms with Crippen molar-refractivity contribution in [2.24, 2.45) is 0 Å². The Labute approximate surface area is 81.1 Å². The van der Waals surface area contributed by atoms with Gasteiger partial charge >= 0.3 is 0 Å². The topological polar surface area (TPSA) is 38.7 Å². The van der Waals surface area contributed by atoms with Crippen molar-refractivity contribution >= 4 is 45.2 Å². The molecule has 5 heteroatoms. The number of hydrogen-bond acceptors (Lipinski definition) is 4. The highest BCUT2D eigenvalue weighted by atomic mass is 127. The summed E-state index contributed by atoms with van der Waals surface area (Å²) in [4.78, 5) is 1.20. The van der Waals surface area contributed by atoms with Crippen molar-refractivity contribution in [1.82, 2.24) is 14.6 Å². The zero-order valence-electron chi connectivity index (χ0n) is 5.71. The fourth-order valence-electron chi connectivity index (χ4n) is 0.849. The number of rotatable bonds is 0. The summed E-state index contributed by atoms with van der Waals surface area (Å²) in [6.45, 7) is 2.04. The molecule has 56 valence electrons. The molecule has 0 aliphatic carbocycles. The third-order valence-electron chi connectivity index (χ3n) is 1.39. The van der Waals surface area contributed by atoms with Gasteiger partial charge in [0.1, 0.15) is 3.70 Å². The second kappa shape index (κ2) is 2.63. The predicted molar refractivity (Wildman–Crippen MR) is 52.7 cm³/mol. The van der Waals surface area contributed by atoms with Gasteiger partial charge in [0.05, 0.1) is 0 Å². The van der Waals surface area contributed by atoms with Crippen molar-refractivity contribution < 1.29 is 0 Å². The van der Waals surface area contributed by atoms with Gasteiger partial charge in [0.15, 0.2) is 5.65 Å². The molecule has 0 amide bonds. The Balaban J connectivity index is 2.87. The number of aryl methyl sites for hydroxylation is 1. The number of halogens is 1. The van der Waals surface area contributed by atoms with E-state index in [0.717, 1.165) is 14.7 Å². The summed E-state index contributed by atoms with van der Waals surface area (Å²) in [5.74, 6) is 0. The molecule has 0 N–H and O–H groups in total. The first-order valence-electron chi connectivity index (χ1n) is 3.02. The molecule has 0 spiro atoms. The molecule has 0 fully saturated rings. The van der Waals surface area contributed by atoms with Gasteiger partial charge in [-0.1, -0.05) is 0 Å². The van der Waals surface area contributed by atoms with Crippen LogP contribution in [0.5, 0.6) is 0 Å². The fourth-order valence-corrected chi connectivity index (χ4v) is 1.88. The minimum absolute atomic E-state index is 0.757. The van der Waals surface area contributed by atoms with E-state index in [1.54, 1.807) is 0 Å². The van der Waals surface area contributed by atoms with Crippen molar-refractivity contribution in [2.75, 3.05) is 0 Å². The van der Waals surface area contributed by atoms with E-state index >= 15 is 0 Å². The van der Waals surface area contributed by atoms with Crippen LogP contribution in [-0.4, -0.2) is 14.6 Å². The highest BCUT2D eigenvalue weighted by Gasteiger charge is 2.03. The normalized spacial score (nSPS) is 10.7. The first-order chi connectivity index (χ1) is 5.27. The third-order valence-corrected chi connectivity index (χ3v) is 2.68. The van der Waals surface area contributed by atoms with E-state index in [1.165, 1.54) is 16.4 Å². The zero-order chi connectivity index (χ0) is 7.84. The van der Waals surface area contributed by atoms with Crippen LogP contribution < -0.4 is 0 Å². The van der Waals surface area contributed by atoms with Crippen LogP contribution in [0.3, 0.4) is 0 Å². The van der Waals surface area contributed by atoms with E-state index in [2.05, 4.69) is 37.2 Å². The Bertz CT molecular complexity index is 398. The molecule has 0 radical (unpaired) electrons. The first kappa shape index (κ1) is 7.35. The van der Waals surface area contributed by atoms with E-state index in [4.69, 9.17) is 0 Å². The van der Waals surface area contributed by atoms with Crippen LogP contribution in [0.15, 0.2) is 6.07 Å². The van der Waals surface area contributed by atoms with Gasteiger partial charge in [-0.05, 0) is 47.1 Å². The van der Waals surface area contributed by atoms with Gasteiger partial charge in [-0.2, -0.15) is 4.37 Å². The Morgan fingerprint density at radius 3 is 3.09 bits per heavy atom. The van der Waals surface area contributed by atoms with Crippen molar-refractivity contribution in [3.8, 4) is 0 Å². The lowest BCUT2D eigenvalue weighted by Gasteiger charge is -1.87. The average molecular weight is 277 g/mol. The predicted octanol–water partition coefficient (Wildman–Crippen LogP) is 2.00. The molecule has 2 aromatic heterocycles. The second-order valence-electron chi connectivity index (χ2n) is 2.14. The lowest BCUT2D eigenvalue weighted by molar-refractivity contribution is 1.03. The molecule has 0 saturated carbocycles. The van der Waals surface area contributed by atoms with Crippen LogP contribution in [0.1, 0.15) is 4.88 Å². The molecule has 0 saturated heterocycles. The fraction of sp³-hybridized carbons (Fsp3) is 0.167. The molecule has 0 aliphatic heterocycles. The summed E-state index contributed by atoms with van der Waals surface area (Å²) in [6.07, 6.45) is 0. The second-order valence-corrected chi connectivity index (χ2v) is 4.23. The molecule has 2 rings (SSSR count). The third kappa shape index (κ3) is 1.22. The Morgan fingerprint density at radius 1 is 1.45 bits per heavy atom. The number of aromatic nitrogens is 3. The molecule has 0 atom stereocenters.